The van der Waals surface area contributed by atoms with Crippen molar-refractivity contribution in [2.24, 2.45) is 0 Å². The largest absolute Gasteiger partial charge is 0.293 e. The predicted molar refractivity (Wildman–Crippen MR) is 76.2 cm³/mol. The Hall–Kier alpha value is -1.48. The summed E-state index contributed by atoms with van der Waals surface area (Å²) < 4.78 is 0. The maximum absolute atomic E-state index is 12.3. The number of rotatable bonds is 3. The number of benzene rings is 1. The minimum atomic E-state index is -0.307. The highest BCUT2D eigenvalue weighted by Crippen LogP contribution is 2.28. The second-order valence-corrected chi connectivity index (χ2v) is 5.30. The Balaban J connectivity index is 2.31. The van der Waals surface area contributed by atoms with Crippen LogP contribution in [0.1, 0.15) is 31.9 Å². The van der Waals surface area contributed by atoms with Crippen molar-refractivity contribution in [2.75, 3.05) is 0 Å². The SMILES string of the molecule is Cc1cc(C)cc(C(Br)C(=O)c2ccncc2)c1. The monoisotopic (exact) mass is 303 g/mol. The molecule has 1 atom stereocenters. The van der Waals surface area contributed by atoms with E-state index in [2.05, 4.69) is 27.0 Å². The summed E-state index contributed by atoms with van der Waals surface area (Å²) in [5, 5.41) is 0. The van der Waals surface area contributed by atoms with E-state index in [9.17, 15) is 4.79 Å². The highest BCUT2D eigenvalue weighted by atomic mass is 79.9. The first kappa shape index (κ1) is 13.0. The summed E-state index contributed by atoms with van der Waals surface area (Å²) in [7, 11) is 0. The molecule has 0 aliphatic carbocycles. The molecule has 0 aliphatic heterocycles. The summed E-state index contributed by atoms with van der Waals surface area (Å²) in [6, 6.07) is 9.63. The first-order chi connectivity index (χ1) is 8.58. The van der Waals surface area contributed by atoms with Crippen LogP contribution in [-0.2, 0) is 0 Å². The van der Waals surface area contributed by atoms with Gasteiger partial charge in [-0.05, 0) is 31.5 Å². The summed E-state index contributed by atoms with van der Waals surface area (Å²) in [5.74, 6) is 0.0578. The predicted octanol–water partition coefficient (Wildman–Crippen LogP) is 4.02. The number of Topliss-reactive ketones (excluding diaryl/α,β-unsaturated/α-hetero) is 1. The average Bonchev–Trinajstić information content (AvgIpc) is 2.37. The van der Waals surface area contributed by atoms with Gasteiger partial charge in [0.1, 0.15) is 4.83 Å². The highest BCUT2D eigenvalue weighted by molar-refractivity contribution is 9.09. The zero-order valence-corrected chi connectivity index (χ0v) is 11.9. The van der Waals surface area contributed by atoms with Gasteiger partial charge >= 0.3 is 0 Å². The topological polar surface area (TPSA) is 30.0 Å². The van der Waals surface area contributed by atoms with Crippen LogP contribution in [0.4, 0.5) is 0 Å². The van der Waals surface area contributed by atoms with Gasteiger partial charge < -0.3 is 0 Å². The number of ketones is 1. The van der Waals surface area contributed by atoms with Gasteiger partial charge in [-0.2, -0.15) is 0 Å². The van der Waals surface area contributed by atoms with Crippen molar-refractivity contribution >= 4 is 21.7 Å². The van der Waals surface area contributed by atoms with E-state index >= 15 is 0 Å². The standard InChI is InChI=1S/C15H14BrNO/c1-10-7-11(2)9-13(8-10)14(16)15(18)12-3-5-17-6-4-12/h3-9,14H,1-2H3. The lowest BCUT2D eigenvalue weighted by Gasteiger charge is -2.11. The van der Waals surface area contributed by atoms with Crippen LogP contribution in [-0.4, -0.2) is 10.8 Å². The molecule has 1 unspecified atom stereocenters. The Morgan fingerprint density at radius 1 is 1.11 bits per heavy atom. The highest BCUT2D eigenvalue weighted by Gasteiger charge is 2.19. The van der Waals surface area contributed by atoms with Crippen LogP contribution in [0.25, 0.3) is 0 Å². The molecule has 0 saturated carbocycles. The minimum absolute atomic E-state index is 0.0578. The second kappa shape index (κ2) is 5.44. The van der Waals surface area contributed by atoms with Crippen LogP contribution >= 0.6 is 15.9 Å². The van der Waals surface area contributed by atoms with E-state index in [0.717, 1.165) is 16.7 Å². The molecule has 2 rings (SSSR count). The van der Waals surface area contributed by atoms with E-state index in [1.54, 1.807) is 24.5 Å². The summed E-state index contributed by atoms with van der Waals surface area (Å²) in [6.45, 7) is 4.07. The van der Waals surface area contributed by atoms with Crippen molar-refractivity contribution < 1.29 is 4.79 Å². The quantitative estimate of drug-likeness (QED) is 0.633. The Morgan fingerprint density at radius 3 is 2.22 bits per heavy atom. The molecule has 2 nitrogen and oxygen atoms in total. The van der Waals surface area contributed by atoms with Crippen molar-refractivity contribution in [3.05, 3.63) is 65.0 Å². The Kier molecular flexibility index (Phi) is 3.92. The van der Waals surface area contributed by atoms with E-state index < -0.39 is 0 Å². The van der Waals surface area contributed by atoms with E-state index in [4.69, 9.17) is 0 Å². The maximum Gasteiger partial charge on any atom is 0.181 e. The fourth-order valence-corrected chi connectivity index (χ4v) is 2.50. The van der Waals surface area contributed by atoms with E-state index in [-0.39, 0.29) is 10.6 Å². The van der Waals surface area contributed by atoms with Crippen molar-refractivity contribution in [1.29, 1.82) is 0 Å². The third-order valence-electron chi connectivity index (χ3n) is 2.73. The molecule has 3 heteroatoms. The summed E-state index contributed by atoms with van der Waals surface area (Å²) in [5.41, 5.74) is 3.99. The molecule has 0 spiro atoms. The number of hydrogen-bond donors (Lipinski definition) is 0. The van der Waals surface area contributed by atoms with Crippen molar-refractivity contribution in [1.82, 2.24) is 4.98 Å². The van der Waals surface area contributed by atoms with Gasteiger partial charge in [0.05, 0.1) is 0 Å². The van der Waals surface area contributed by atoms with Crippen LogP contribution in [0.5, 0.6) is 0 Å². The summed E-state index contributed by atoms with van der Waals surface area (Å²) >= 11 is 3.49. The van der Waals surface area contributed by atoms with Crippen molar-refractivity contribution in [3.63, 3.8) is 0 Å². The lowest BCUT2D eigenvalue weighted by Crippen LogP contribution is -2.07. The molecule has 0 amide bonds. The van der Waals surface area contributed by atoms with Gasteiger partial charge in [0.15, 0.2) is 5.78 Å². The number of hydrogen-bond acceptors (Lipinski definition) is 2. The number of pyridine rings is 1. The first-order valence-electron chi connectivity index (χ1n) is 5.74. The number of nitrogens with zero attached hydrogens (tertiary/aromatic N) is 1. The van der Waals surface area contributed by atoms with Gasteiger partial charge in [-0.25, -0.2) is 0 Å². The first-order valence-corrected chi connectivity index (χ1v) is 6.66. The van der Waals surface area contributed by atoms with E-state index in [1.165, 1.54) is 0 Å². The second-order valence-electron chi connectivity index (χ2n) is 4.38. The van der Waals surface area contributed by atoms with Crippen LogP contribution in [0.15, 0.2) is 42.7 Å². The summed E-state index contributed by atoms with van der Waals surface area (Å²) in [4.78, 5) is 15.9. The van der Waals surface area contributed by atoms with Gasteiger partial charge in [0, 0.05) is 18.0 Å². The Bertz CT molecular complexity index is 546. The lowest BCUT2D eigenvalue weighted by atomic mass is 10.0. The smallest absolute Gasteiger partial charge is 0.181 e. The molecular formula is C15H14BrNO. The zero-order chi connectivity index (χ0) is 13.1. The number of halogens is 1. The van der Waals surface area contributed by atoms with Crippen LogP contribution in [0, 0.1) is 13.8 Å². The summed E-state index contributed by atoms with van der Waals surface area (Å²) in [6.07, 6.45) is 3.27. The molecule has 92 valence electrons. The fourth-order valence-electron chi connectivity index (χ4n) is 1.97. The number of aryl methyl sites for hydroxylation is 2. The normalized spacial score (nSPS) is 12.2. The molecule has 0 fully saturated rings. The number of carbonyl (C=O) groups is 1. The Labute approximate surface area is 115 Å². The van der Waals surface area contributed by atoms with Gasteiger partial charge in [-0.15, -0.1) is 0 Å². The molecule has 18 heavy (non-hydrogen) atoms. The molecule has 0 bridgehead atoms. The Morgan fingerprint density at radius 2 is 1.67 bits per heavy atom. The van der Waals surface area contributed by atoms with Gasteiger partial charge in [0.2, 0.25) is 0 Å². The molecule has 1 heterocycles. The molecule has 2 aromatic rings. The van der Waals surface area contributed by atoms with E-state index in [0.29, 0.717) is 5.56 Å². The zero-order valence-electron chi connectivity index (χ0n) is 10.4. The van der Waals surface area contributed by atoms with Crippen molar-refractivity contribution in [2.45, 2.75) is 18.7 Å². The van der Waals surface area contributed by atoms with Crippen LogP contribution in [0.2, 0.25) is 0 Å². The number of alkyl halides is 1. The molecule has 0 saturated heterocycles. The third kappa shape index (κ3) is 2.85. The lowest BCUT2D eigenvalue weighted by molar-refractivity contribution is 0.0991. The molecule has 1 aromatic heterocycles. The van der Waals surface area contributed by atoms with Gasteiger partial charge in [0.25, 0.3) is 0 Å². The fraction of sp³-hybridized carbons (Fsp3) is 0.200. The number of aromatic nitrogens is 1. The van der Waals surface area contributed by atoms with Crippen LogP contribution in [0.3, 0.4) is 0 Å². The van der Waals surface area contributed by atoms with Gasteiger partial charge in [-0.3, -0.25) is 9.78 Å². The molecule has 1 aromatic carbocycles. The third-order valence-corrected chi connectivity index (χ3v) is 3.68. The van der Waals surface area contributed by atoms with Crippen molar-refractivity contribution in [3.8, 4) is 0 Å². The minimum Gasteiger partial charge on any atom is -0.293 e. The molecule has 0 aliphatic rings. The van der Waals surface area contributed by atoms with E-state index in [1.807, 2.05) is 26.0 Å². The molecular weight excluding hydrogens is 290 g/mol. The average molecular weight is 304 g/mol. The molecule has 0 N–H and O–H groups in total. The molecule has 0 radical (unpaired) electrons. The maximum atomic E-state index is 12.3. The van der Waals surface area contributed by atoms with Gasteiger partial charge in [-0.1, -0.05) is 45.3 Å². The number of carbonyl (C=O) groups excluding carboxylic acids is 1. The van der Waals surface area contributed by atoms with Crippen LogP contribution < -0.4 is 0 Å².